The molecule has 128 valence electrons. The van der Waals surface area contributed by atoms with Crippen LogP contribution in [-0.4, -0.2) is 15.3 Å². The van der Waals surface area contributed by atoms with Gasteiger partial charge in [-0.05, 0) is 56.4 Å². The number of rotatable bonds is 4. The van der Waals surface area contributed by atoms with E-state index in [1.165, 1.54) is 10.4 Å². The molecule has 0 aliphatic heterocycles. The summed E-state index contributed by atoms with van der Waals surface area (Å²) in [5.74, 6) is 0.759. The second-order valence-corrected chi connectivity index (χ2v) is 8.68. The van der Waals surface area contributed by atoms with Crippen molar-refractivity contribution in [1.82, 2.24) is 9.55 Å². The van der Waals surface area contributed by atoms with E-state index in [0.29, 0.717) is 0 Å². The van der Waals surface area contributed by atoms with Gasteiger partial charge in [0.1, 0.15) is 4.83 Å². The first-order chi connectivity index (χ1) is 12.0. The zero-order valence-electron chi connectivity index (χ0n) is 14.5. The molecule has 0 N–H and O–H groups in total. The minimum atomic E-state index is 0.0687. The zero-order valence-corrected chi connectivity index (χ0v) is 16.1. The molecule has 0 saturated carbocycles. The van der Waals surface area contributed by atoms with E-state index in [2.05, 4.69) is 6.58 Å². The first-order valence-corrected chi connectivity index (χ1v) is 10.3. The van der Waals surface area contributed by atoms with Crippen molar-refractivity contribution in [1.29, 1.82) is 0 Å². The second-order valence-electron chi connectivity index (χ2n) is 6.66. The molecule has 0 fully saturated rings. The van der Waals surface area contributed by atoms with E-state index in [9.17, 15) is 4.79 Å². The van der Waals surface area contributed by atoms with E-state index in [0.717, 1.165) is 57.2 Å². The Balaban J connectivity index is 1.99. The molecule has 2 heterocycles. The van der Waals surface area contributed by atoms with Crippen molar-refractivity contribution in [2.24, 2.45) is 0 Å². The van der Waals surface area contributed by atoms with Crippen LogP contribution in [0.3, 0.4) is 0 Å². The average molecular weight is 369 g/mol. The third-order valence-corrected chi connectivity index (χ3v) is 6.77. The number of aryl methyl sites for hydroxylation is 3. The van der Waals surface area contributed by atoms with Gasteiger partial charge in [-0.2, -0.15) is 0 Å². The highest BCUT2D eigenvalue weighted by atomic mass is 32.2. The topological polar surface area (TPSA) is 34.9 Å². The summed E-state index contributed by atoms with van der Waals surface area (Å²) >= 11 is 3.28. The molecule has 0 atom stereocenters. The molecule has 3 nitrogen and oxygen atoms in total. The van der Waals surface area contributed by atoms with Gasteiger partial charge in [-0.3, -0.25) is 9.36 Å². The molecule has 5 heteroatoms. The summed E-state index contributed by atoms with van der Waals surface area (Å²) in [7, 11) is 0. The molecule has 0 radical (unpaired) electrons. The SMILES string of the molecule is C=C(C)CSc1nc2sc3c(c2c(=O)n1-c1cccc(C)c1)CCC3. The minimum Gasteiger partial charge on any atom is -0.268 e. The molecular formula is C20H20N2OS2. The fourth-order valence-corrected chi connectivity index (χ4v) is 5.46. The zero-order chi connectivity index (χ0) is 17.6. The van der Waals surface area contributed by atoms with Gasteiger partial charge >= 0.3 is 0 Å². The quantitative estimate of drug-likeness (QED) is 0.373. The predicted molar refractivity (Wildman–Crippen MR) is 108 cm³/mol. The van der Waals surface area contributed by atoms with E-state index < -0.39 is 0 Å². The first kappa shape index (κ1) is 16.6. The Hall–Kier alpha value is -1.85. The molecule has 25 heavy (non-hydrogen) atoms. The molecule has 0 unspecified atom stereocenters. The molecule has 3 aromatic rings. The van der Waals surface area contributed by atoms with Crippen LogP contribution in [0.1, 0.15) is 29.3 Å². The highest BCUT2D eigenvalue weighted by molar-refractivity contribution is 7.99. The smallest absolute Gasteiger partial charge is 0.267 e. The Morgan fingerprint density at radius 3 is 3.00 bits per heavy atom. The number of thioether (sulfide) groups is 1. The van der Waals surface area contributed by atoms with Crippen LogP contribution in [0.5, 0.6) is 0 Å². The molecule has 1 aromatic carbocycles. The molecule has 0 spiro atoms. The maximum atomic E-state index is 13.4. The lowest BCUT2D eigenvalue weighted by molar-refractivity contribution is 0.820. The van der Waals surface area contributed by atoms with Crippen molar-refractivity contribution in [2.75, 3.05) is 5.75 Å². The fraction of sp³-hybridized carbons (Fsp3) is 0.300. The minimum absolute atomic E-state index is 0.0687. The van der Waals surface area contributed by atoms with Crippen LogP contribution in [0.25, 0.3) is 15.9 Å². The number of hydrogen-bond acceptors (Lipinski definition) is 4. The number of thiophene rings is 1. The summed E-state index contributed by atoms with van der Waals surface area (Å²) in [5, 5.41) is 1.59. The van der Waals surface area contributed by atoms with Gasteiger partial charge < -0.3 is 0 Å². The van der Waals surface area contributed by atoms with E-state index in [1.54, 1.807) is 27.7 Å². The number of nitrogens with zero attached hydrogens (tertiary/aromatic N) is 2. The molecule has 0 saturated heterocycles. The summed E-state index contributed by atoms with van der Waals surface area (Å²) in [6.07, 6.45) is 3.22. The molecular weight excluding hydrogens is 348 g/mol. The average Bonchev–Trinajstić information content (AvgIpc) is 3.13. The van der Waals surface area contributed by atoms with Gasteiger partial charge in [-0.15, -0.1) is 11.3 Å². The summed E-state index contributed by atoms with van der Waals surface area (Å²) in [6.45, 7) is 8.02. The first-order valence-electron chi connectivity index (χ1n) is 8.46. The van der Waals surface area contributed by atoms with Crippen LogP contribution in [-0.2, 0) is 12.8 Å². The lowest BCUT2D eigenvalue weighted by atomic mass is 10.2. The van der Waals surface area contributed by atoms with Gasteiger partial charge in [0.05, 0.1) is 11.1 Å². The van der Waals surface area contributed by atoms with Crippen molar-refractivity contribution in [2.45, 2.75) is 38.3 Å². The van der Waals surface area contributed by atoms with Gasteiger partial charge in [0.25, 0.3) is 5.56 Å². The Morgan fingerprint density at radius 2 is 2.24 bits per heavy atom. The highest BCUT2D eigenvalue weighted by Gasteiger charge is 2.23. The van der Waals surface area contributed by atoms with Crippen molar-refractivity contribution in [3.05, 3.63) is 62.8 Å². The summed E-state index contributed by atoms with van der Waals surface area (Å²) in [4.78, 5) is 20.5. The second kappa shape index (κ2) is 6.46. The maximum absolute atomic E-state index is 13.4. The third-order valence-electron chi connectivity index (χ3n) is 4.42. The largest absolute Gasteiger partial charge is 0.268 e. The number of benzene rings is 1. The van der Waals surface area contributed by atoms with Gasteiger partial charge in [0.15, 0.2) is 5.16 Å². The molecule has 2 aromatic heterocycles. The van der Waals surface area contributed by atoms with Gasteiger partial charge in [-0.25, -0.2) is 4.98 Å². The Bertz CT molecular complexity index is 1050. The van der Waals surface area contributed by atoms with Crippen LogP contribution in [0.4, 0.5) is 0 Å². The van der Waals surface area contributed by atoms with E-state index in [-0.39, 0.29) is 5.56 Å². The van der Waals surface area contributed by atoms with Crippen molar-refractivity contribution >= 4 is 33.3 Å². The van der Waals surface area contributed by atoms with E-state index in [4.69, 9.17) is 4.98 Å². The Kier molecular flexibility index (Phi) is 4.29. The lowest BCUT2D eigenvalue weighted by Gasteiger charge is -2.13. The molecule has 0 bridgehead atoms. The Labute approximate surface area is 155 Å². The van der Waals surface area contributed by atoms with Crippen molar-refractivity contribution < 1.29 is 0 Å². The van der Waals surface area contributed by atoms with E-state index in [1.807, 2.05) is 38.1 Å². The Morgan fingerprint density at radius 1 is 1.40 bits per heavy atom. The maximum Gasteiger partial charge on any atom is 0.267 e. The highest BCUT2D eigenvalue weighted by Crippen LogP contribution is 2.36. The van der Waals surface area contributed by atoms with Gasteiger partial charge in [0.2, 0.25) is 0 Å². The van der Waals surface area contributed by atoms with Crippen LogP contribution in [0.15, 0.2) is 46.4 Å². The van der Waals surface area contributed by atoms with Crippen molar-refractivity contribution in [3.8, 4) is 5.69 Å². The van der Waals surface area contributed by atoms with Crippen LogP contribution >= 0.6 is 23.1 Å². The molecule has 1 aliphatic carbocycles. The lowest BCUT2D eigenvalue weighted by Crippen LogP contribution is -2.22. The summed E-state index contributed by atoms with van der Waals surface area (Å²) in [5.41, 5.74) is 4.40. The standard InChI is InChI=1S/C20H20N2OS2/c1-12(2)11-24-20-21-18-17(15-8-5-9-16(15)25-18)19(23)22(20)14-7-4-6-13(3)10-14/h4,6-7,10H,1,5,8-9,11H2,2-3H3. The number of aromatic nitrogens is 2. The predicted octanol–water partition coefficient (Wildman–Crippen LogP) is 4.91. The summed E-state index contributed by atoms with van der Waals surface area (Å²) < 4.78 is 1.79. The van der Waals surface area contributed by atoms with Crippen LogP contribution in [0, 0.1) is 6.92 Å². The van der Waals surface area contributed by atoms with Crippen LogP contribution < -0.4 is 5.56 Å². The van der Waals surface area contributed by atoms with Gasteiger partial charge in [0, 0.05) is 10.6 Å². The number of fused-ring (bicyclic) bond motifs is 3. The van der Waals surface area contributed by atoms with E-state index >= 15 is 0 Å². The normalized spacial score (nSPS) is 13.4. The molecule has 0 amide bonds. The van der Waals surface area contributed by atoms with Crippen LogP contribution in [0.2, 0.25) is 0 Å². The fourth-order valence-electron chi connectivity index (χ4n) is 3.30. The van der Waals surface area contributed by atoms with Gasteiger partial charge in [-0.1, -0.05) is 36.0 Å². The molecule has 1 aliphatic rings. The molecule has 4 rings (SSSR count). The monoisotopic (exact) mass is 368 g/mol. The van der Waals surface area contributed by atoms with Crippen molar-refractivity contribution in [3.63, 3.8) is 0 Å². The number of hydrogen-bond donors (Lipinski definition) is 0. The third kappa shape index (κ3) is 2.96. The summed E-state index contributed by atoms with van der Waals surface area (Å²) in [6, 6.07) is 8.07.